The van der Waals surface area contributed by atoms with Crippen molar-refractivity contribution in [3.8, 4) is 0 Å². The number of benzene rings is 2. The molecule has 0 radical (unpaired) electrons. The van der Waals surface area contributed by atoms with E-state index in [1.165, 1.54) is 17.7 Å². The van der Waals surface area contributed by atoms with Gasteiger partial charge in [-0.3, -0.25) is 0 Å². The van der Waals surface area contributed by atoms with Crippen LogP contribution in [-0.2, 0) is 0 Å². The van der Waals surface area contributed by atoms with E-state index in [0.717, 1.165) is 17.3 Å². The van der Waals surface area contributed by atoms with Crippen LogP contribution in [0.4, 0.5) is 10.1 Å². The van der Waals surface area contributed by atoms with Crippen LogP contribution in [0.1, 0.15) is 11.6 Å². The molecule has 0 aliphatic carbocycles. The van der Waals surface area contributed by atoms with E-state index in [1.807, 2.05) is 38.4 Å². The average molecular weight is 293 g/mol. The summed E-state index contributed by atoms with van der Waals surface area (Å²) < 4.78 is 12.9. The molecule has 2 aromatic carbocycles. The first-order chi connectivity index (χ1) is 9.56. The smallest absolute Gasteiger partial charge is 0.123 e. The van der Waals surface area contributed by atoms with Crippen molar-refractivity contribution < 1.29 is 4.39 Å². The van der Waals surface area contributed by atoms with Crippen molar-refractivity contribution in [1.82, 2.24) is 4.90 Å². The summed E-state index contributed by atoms with van der Waals surface area (Å²) in [4.78, 5) is 2.14. The maximum Gasteiger partial charge on any atom is 0.123 e. The number of nitrogens with zero attached hydrogens (tertiary/aromatic N) is 1. The summed E-state index contributed by atoms with van der Waals surface area (Å²) >= 11 is 5.92. The molecule has 4 heteroatoms. The minimum absolute atomic E-state index is 0.220. The zero-order valence-electron chi connectivity index (χ0n) is 11.6. The van der Waals surface area contributed by atoms with Crippen LogP contribution in [0.2, 0.25) is 5.02 Å². The molecular weight excluding hydrogens is 275 g/mol. The second-order valence-corrected chi connectivity index (χ2v) is 5.36. The highest BCUT2D eigenvalue weighted by atomic mass is 35.5. The van der Waals surface area contributed by atoms with Gasteiger partial charge in [-0.15, -0.1) is 0 Å². The van der Waals surface area contributed by atoms with Gasteiger partial charge in [0.05, 0.1) is 6.04 Å². The summed E-state index contributed by atoms with van der Waals surface area (Å²) in [5, 5.41) is 4.06. The number of rotatable bonds is 5. The number of anilines is 1. The van der Waals surface area contributed by atoms with E-state index in [9.17, 15) is 4.39 Å². The van der Waals surface area contributed by atoms with Gasteiger partial charge >= 0.3 is 0 Å². The van der Waals surface area contributed by atoms with E-state index < -0.39 is 0 Å². The molecule has 1 N–H and O–H groups in total. The monoisotopic (exact) mass is 292 g/mol. The van der Waals surface area contributed by atoms with Crippen LogP contribution < -0.4 is 5.32 Å². The van der Waals surface area contributed by atoms with Crippen molar-refractivity contribution in [2.24, 2.45) is 0 Å². The highest BCUT2D eigenvalue weighted by Crippen LogP contribution is 2.21. The zero-order valence-corrected chi connectivity index (χ0v) is 12.4. The Bertz CT molecular complexity index is 537. The summed E-state index contributed by atoms with van der Waals surface area (Å²) in [6.07, 6.45) is 0. The lowest BCUT2D eigenvalue weighted by molar-refractivity contribution is 0.312. The van der Waals surface area contributed by atoms with Crippen LogP contribution in [0, 0.1) is 5.82 Å². The fraction of sp³-hybridized carbons (Fsp3) is 0.250. The van der Waals surface area contributed by atoms with Crippen LogP contribution in [-0.4, -0.2) is 25.5 Å². The van der Waals surface area contributed by atoms with E-state index >= 15 is 0 Å². The summed E-state index contributed by atoms with van der Waals surface area (Å²) in [6, 6.07) is 14.4. The number of nitrogens with one attached hydrogen (secondary N) is 1. The van der Waals surface area contributed by atoms with E-state index in [4.69, 9.17) is 11.6 Å². The first kappa shape index (κ1) is 14.8. The van der Waals surface area contributed by atoms with Crippen LogP contribution in [0.25, 0.3) is 0 Å². The van der Waals surface area contributed by atoms with Crippen molar-refractivity contribution >= 4 is 17.3 Å². The summed E-state index contributed by atoms with van der Waals surface area (Å²) in [5.41, 5.74) is 2.10. The Hall–Kier alpha value is -1.58. The molecule has 1 unspecified atom stereocenters. The standard InChI is InChI=1S/C16H18ClFN2/c1-20(2)16(12-3-5-13(17)6-4-12)11-19-15-9-7-14(18)8-10-15/h3-10,16,19H,11H2,1-2H3. The molecule has 0 heterocycles. The zero-order chi connectivity index (χ0) is 14.5. The maximum absolute atomic E-state index is 12.9. The third kappa shape index (κ3) is 3.95. The van der Waals surface area contributed by atoms with Gasteiger partial charge in [-0.05, 0) is 56.1 Å². The molecule has 0 bridgehead atoms. The highest BCUT2D eigenvalue weighted by Gasteiger charge is 2.13. The second kappa shape index (κ2) is 6.73. The molecule has 0 aliphatic heterocycles. The molecular formula is C16H18ClFN2. The quantitative estimate of drug-likeness (QED) is 0.889. The lowest BCUT2D eigenvalue weighted by atomic mass is 10.1. The highest BCUT2D eigenvalue weighted by molar-refractivity contribution is 6.30. The van der Waals surface area contributed by atoms with Crippen LogP contribution in [0.5, 0.6) is 0 Å². The van der Waals surface area contributed by atoms with E-state index in [1.54, 1.807) is 12.1 Å². The normalized spacial score (nSPS) is 12.4. The molecule has 0 aromatic heterocycles. The lowest BCUT2D eigenvalue weighted by Crippen LogP contribution is -2.26. The molecule has 0 aliphatic rings. The summed E-state index contributed by atoms with van der Waals surface area (Å²) in [6.45, 7) is 0.736. The Morgan fingerprint density at radius 1 is 1.05 bits per heavy atom. The van der Waals surface area contributed by atoms with Gasteiger partial charge in [0.15, 0.2) is 0 Å². The second-order valence-electron chi connectivity index (χ2n) is 4.92. The predicted octanol–water partition coefficient (Wildman–Crippen LogP) is 4.19. The Morgan fingerprint density at radius 3 is 2.20 bits per heavy atom. The van der Waals surface area contributed by atoms with Crippen molar-refractivity contribution in [3.05, 3.63) is 64.9 Å². The molecule has 0 spiro atoms. The van der Waals surface area contributed by atoms with Crippen molar-refractivity contribution in [2.45, 2.75) is 6.04 Å². The Morgan fingerprint density at radius 2 is 1.65 bits per heavy atom. The van der Waals surface area contributed by atoms with Gasteiger partial charge < -0.3 is 10.2 Å². The van der Waals surface area contributed by atoms with Gasteiger partial charge in [0, 0.05) is 17.3 Å². The molecule has 106 valence electrons. The SMILES string of the molecule is CN(C)C(CNc1ccc(F)cc1)c1ccc(Cl)cc1. The van der Waals surface area contributed by atoms with E-state index in [0.29, 0.717) is 0 Å². The van der Waals surface area contributed by atoms with Gasteiger partial charge in [-0.25, -0.2) is 4.39 Å². The Balaban J connectivity index is 2.06. The number of hydrogen-bond acceptors (Lipinski definition) is 2. The maximum atomic E-state index is 12.9. The van der Waals surface area contributed by atoms with Crippen molar-refractivity contribution in [1.29, 1.82) is 0 Å². The van der Waals surface area contributed by atoms with Crippen LogP contribution in [0.3, 0.4) is 0 Å². The van der Waals surface area contributed by atoms with Gasteiger partial charge in [0.1, 0.15) is 5.82 Å². The third-order valence-electron chi connectivity index (χ3n) is 3.22. The summed E-state index contributed by atoms with van der Waals surface area (Å²) in [5.74, 6) is -0.225. The summed E-state index contributed by atoms with van der Waals surface area (Å²) in [7, 11) is 4.07. The van der Waals surface area contributed by atoms with Crippen LogP contribution in [0.15, 0.2) is 48.5 Å². The molecule has 0 saturated heterocycles. The predicted molar refractivity (Wildman–Crippen MR) is 82.8 cm³/mol. The molecule has 0 saturated carbocycles. The van der Waals surface area contributed by atoms with Gasteiger partial charge in [-0.1, -0.05) is 23.7 Å². The Labute approximate surface area is 124 Å². The lowest BCUT2D eigenvalue weighted by Gasteiger charge is -2.25. The van der Waals surface area contributed by atoms with Crippen molar-refractivity contribution in [3.63, 3.8) is 0 Å². The molecule has 2 aromatic rings. The van der Waals surface area contributed by atoms with Gasteiger partial charge in [0.2, 0.25) is 0 Å². The number of likely N-dealkylation sites (N-methyl/N-ethyl adjacent to an activating group) is 1. The molecule has 0 amide bonds. The Kier molecular flexibility index (Phi) is 4.99. The first-order valence-electron chi connectivity index (χ1n) is 6.47. The minimum atomic E-state index is -0.225. The minimum Gasteiger partial charge on any atom is -0.383 e. The largest absolute Gasteiger partial charge is 0.383 e. The fourth-order valence-corrected chi connectivity index (χ4v) is 2.19. The van der Waals surface area contributed by atoms with E-state index in [2.05, 4.69) is 10.2 Å². The molecule has 20 heavy (non-hydrogen) atoms. The number of hydrogen-bond donors (Lipinski definition) is 1. The third-order valence-corrected chi connectivity index (χ3v) is 3.47. The van der Waals surface area contributed by atoms with Crippen LogP contribution >= 0.6 is 11.6 Å². The van der Waals surface area contributed by atoms with E-state index in [-0.39, 0.29) is 11.9 Å². The first-order valence-corrected chi connectivity index (χ1v) is 6.85. The topological polar surface area (TPSA) is 15.3 Å². The molecule has 1 atom stereocenters. The molecule has 2 nitrogen and oxygen atoms in total. The number of halogens is 2. The molecule has 0 fully saturated rings. The average Bonchev–Trinajstić information content (AvgIpc) is 2.43. The van der Waals surface area contributed by atoms with Gasteiger partial charge in [0.25, 0.3) is 0 Å². The van der Waals surface area contributed by atoms with Crippen molar-refractivity contribution in [2.75, 3.05) is 26.0 Å². The van der Waals surface area contributed by atoms with Gasteiger partial charge in [-0.2, -0.15) is 0 Å². The fourth-order valence-electron chi connectivity index (χ4n) is 2.07. The molecule has 2 rings (SSSR count).